The standard InChI is InChI=1S/C32H40N2O3/c1-31-13-8-14-32(22-36-32)28(31)19-25-26(30(35)37-27(25)20-31)21-33-15-17-34(18-16-33)29(23-9-4-2-5-10-23)24-11-6-3-7-12-24/h2-7,9-12,25-29H,8,13-22H2,1H3/t25-,26+,27-,28-,31-,32+/m1/s1. The van der Waals surface area contributed by atoms with Crippen molar-refractivity contribution in [2.45, 2.75) is 56.8 Å². The van der Waals surface area contributed by atoms with E-state index in [1.54, 1.807) is 0 Å². The Balaban J connectivity index is 1.03. The quantitative estimate of drug-likeness (QED) is 0.431. The molecule has 0 amide bonds. The lowest BCUT2D eigenvalue weighted by Gasteiger charge is -2.51. The number of epoxide rings is 1. The molecule has 7 rings (SSSR count). The van der Waals surface area contributed by atoms with Gasteiger partial charge in [0.2, 0.25) is 0 Å². The molecule has 1 spiro atoms. The molecule has 5 nitrogen and oxygen atoms in total. The summed E-state index contributed by atoms with van der Waals surface area (Å²) in [6, 6.07) is 22.0. The molecule has 2 aromatic carbocycles. The number of rotatable bonds is 5. The first-order chi connectivity index (χ1) is 18.0. The Morgan fingerprint density at radius 2 is 1.59 bits per heavy atom. The van der Waals surface area contributed by atoms with Crippen LogP contribution in [0.25, 0.3) is 0 Å². The number of fused-ring (bicyclic) bond motifs is 3. The Morgan fingerprint density at radius 1 is 0.946 bits per heavy atom. The van der Waals surface area contributed by atoms with Crippen molar-refractivity contribution in [2.24, 2.45) is 23.2 Å². The highest BCUT2D eigenvalue weighted by atomic mass is 16.6. The predicted octanol–water partition coefficient (Wildman–Crippen LogP) is 4.92. The second-order valence-corrected chi connectivity index (χ2v) is 12.7. The molecule has 0 radical (unpaired) electrons. The molecule has 3 aliphatic heterocycles. The van der Waals surface area contributed by atoms with Crippen LogP contribution in [0, 0.1) is 23.2 Å². The van der Waals surface area contributed by atoms with Crippen LogP contribution >= 0.6 is 0 Å². The lowest BCUT2D eigenvalue weighted by atomic mass is 9.53. The zero-order valence-corrected chi connectivity index (χ0v) is 22.1. The summed E-state index contributed by atoms with van der Waals surface area (Å²) in [4.78, 5) is 18.3. The number of carbonyl (C=O) groups excluding carboxylic acids is 1. The highest BCUT2D eigenvalue weighted by molar-refractivity contribution is 5.75. The molecule has 5 heteroatoms. The minimum atomic E-state index is 0.0119. The Kier molecular flexibility index (Phi) is 5.95. The molecule has 0 aromatic heterocycles. The molecule has 5 aliphatic rings. The number of benzene rings is 2. The van der Waals surface area contributed by atoms with Gasteiger partial charge in [-0.15, -0.1) is 0 Å². The molecule has 37 heavy (non-hydrogen) atoms. The van der Waals surface area contributed by atoms with Gasteiger partial charge in [-0.3, -0.25) is 14.6 Å². The van der Waals surface area contributed by atoms with Gasteiger partial charge in [0.05, 0.1) is 24.2 Å². The Labute approximate surface area is 221 Å². The molecule has 0 N–H and O–H groups in total. The first-order valence-corrected chi connectivity index (χ1v) is 14.5. The van der Waals surface area contributed by atoms with Gasteiger partial charge in [0, 0.05) is 38.6 Å². The van der Waals surface area contributed by atoms with Crippen LogP contribution in [0.2, 0.25) is 0 Å². The third-order valence-corrected chi connectivity index (χ3v) is 10.5. The maximum absolute atomic E-state index is 13.2. The number of hydrogen-bond acceptors (Lipinski definition) is 5. The lowest BCUT2D eigenvalue weighted by Crippen LogP contribution is -2.52. The van der Waals surface area contributed by atoms with E-state index in [4.69, 9.17) is 9.47 Å². The fourth-order valence-electron chi connectivity index (χ4n) is 8.53. The minimum absolute atomic E-state index is 0.0119. The van der Waals surface area contributed by atoms with Crippen molar-refractivity contribution >= 4 is 5.97 Å². The van der Waals surface area contributed by atoms with Crippen molar-refractivity contribution in [2.75, 3.05) is 39.3 Å². The predicted molar refractivity (Wildman–Crippen MR) is 143 cm³/mol. The molecule has 3 saturated heterocycles. The van der Waals surface area contributed by atoms with Crippen LogP contribution in [0.4, 0.5) is 0 Å². The van der Waals surface area contributed by atoms with Crippen LogP contribution in [-0.2, 0) is 14.3 Å². The van der Waals surface area contributed by atoms with Crippen molar-refractivity contribution in [1.29, 1.82) is 0 Å². The summed E-state index contributed by atoms with van der Waals surface area (Å²) in [7, 11) is 0. The molecule has 2 aromatic rings. The third kappa shape index (κ3) is 4.24. The molecule has 0 unspecified atom stereocenters. The van der Waals surface area contributed by atoms with Crippen molar-refractivity contribution in [1.82, 2.24) is 9.80 Å². The van der Waals surface area contributed by atoms with E-state index in [2.05, 4.69) is 77.4 Å². The van der Waals surface area contributed by atoms with Gasteiger partial charge >= 0.3 is 5.97 Å². The fourth-order valence-corrected chi connectivity index (χ4v) is 8.53. The van der Waals surface area contributed by atoms with Crippen LogP contribution in [-0.4, -0.2) is 66.8 Å². The summed E-state index contributed by atoms with van der Waals surface area (Å²) in [6.45, 7) is 8.19. The van der Waals surface area contributed by atoms with E-state index >= 15 is 0 Å². The maximum Gasteiger partial charge on any atom is 0.310 e. The average molecular weight is 501 g/mol. The largest absolute Gasteiger partial charge is 0.462 e. The van der Waals surface area contributed by atoms with Crippen LogP contribution in [0.5, 0.6) is 0 Å². The van der Waals surface area contributed by atoms with Gasteiger partial charge in [0.25, 0.3) is 0 Å². The summed E-state index contributed by atoms with van der Waals surface area (Å²) >= 11 is 0. The van der Waals surface area contributed by atoms with E-state index in [-0.39, 0.29) is 35.0 Å². The zero-order chi connectivity index (χ0) is 25.0. The highest BCUT2D eigenvalue weighted by Gasteiger charge is 2.65. The van der Waals surface area contributed by atoms with E-state index in [0.29, 0.717) is 11.8 Å². The van der Waals surface area contributed by atoms with Crippen LogP contribution in [0.15, 0.2) is 60.7 Å². The molecule has 2 saturated carbocycles. The van der Waals surface area contributed by atoms with E-state index in [9.17, 15) is 4.79 Å². The number of nitrogens with zero attached hydrogens (tertiary/aromatic N) is 2. The topological polar surface area (TPSA) is 45.3 Å². The first kappa shape index (κ1) is 23.9. The number of hydrogen-bond donors (Lipinski definition) is 0. The summed E-state index contributed by atoms with van der Waals surface area (Å²) in [5.41, 5.74) is 3.07. The fraction of sp³-hybridized carbons (Fsp3) is 0.594. The van der Waals surface area contributed by atoms with Crippen molar-refractivity contribution < 1.29 is 14.3 Å². The van der Waals surface area contributed by atoms with Gasteiger partial charge in [0.1, 0.15) is 6.10 Å². The number of carbonyl (C=O) groups is 1. The number of ether oxygens (including phenoxy) is 2. The summed E-state index contributed by atoms with van der Waals surface area (Å²) in [6.07, 6.45) is 5.94. The molecule has 2 aliphatic carbocycles. The summed E-state index contributed by atoms with van der Waals surface area (Å²) < 4.78 is 12.2. The first-order valence-electron chi connectivity index (χ1n) is 14.5. The van der Waals surface area contributed by atoms with Gasteiger partial charge in [-0.25, -0.2) is 0 Å². The van der Waals surface area contributed by atoms with Crippen molar-refractivity contribution in [3.05, 3.63) is 71.8 Å². The Bertz CT molecular complexity index is 1070. The van der Waals surface area contributed by atoms with Crippen LogP contribution in [0.3, 0.4) is 0 Å². The molecule has 5 fully saturated rings. The monoisotopic (exact) mass is 500 g/mol. The van der Waals surface area contributed by atoms with Gasteiger partial charge in [-0.2, -0.15) is 0 Å². The van der Waals surface area contributed by atoms with Crippen LogP contribution < -0.4 is 0 Å². The van der Waals surface area contributed by atoms with Gasteiger partial charge in [0.15, 0.2) is 0 Å². The second-order valence-electron chi connectivity index (χ2n) is 12.7. The van der Waals surface area contributed by atoms with Gasteiger partial charge < -0.3 is 9.47 Å². The SMILES string of the molecule is C[C@]12CCC[C@]3(CO3)[C@@H]1C[C@@H]1[C@H](CN3CCN(C(c4ccccc4)c4ccccc4)CC3)C(=O)O[C@@H]1C2. The molecule has 3 heterocycles. The molecular formula is C32H40N2O3. The lowest BCUT2D eigenvalue weighted by molar-refractivity contribution is -0.147. The van der Waals surface area contributed by atoms with Crippen LogP contribution in [0.1, 0.15) is 56.2 Å². The van der Waals surface area contributed by atoms with Gasteiger partial charge in [-0.05, 0) is 54.6 Å². The molecule has 196 valence electrons. The van der Waals surface area contributed by atoms with E-state index in [1.807, 2.05) is 0 Å². The average Bonchev–Trinajstić information content (AvgIpc) is 3.62. The Morgan fingerprint density at radius 3 is 2.22 bits per heavy atom. The number of piperazine rings is 1. The minimum Gasteiger partial charge on any atom is -0.462 e. The smallest absolute Gasteiger partial charge is 0.310 e. The Hall–Kier alpha value is -2.21. The maximum atomic E-state index is 13.2. The van der Waals surface area contributed by atoms with E-state index in [1.165, 1.54) is 30.4 Å². The summed E-state index contributed by atoms with van der Waals surface area (Å²) in [5, 5.41) is 0. The molecular weight excluding hydrogens is 460 g/mol. The van der Waals surface area contributed by atoms with E-state index in [0.717, 1.165) is 52.2 Å². The van der Waals surface area contributed by atoms with Crippen molar-refractivity contribution in [3.63, 3.8) is 0 Å². The zero-order valence-electron chi connectivity index (χ0n) is 22.1. The van der Waals surface area contributed by atoms with Crippen molar-refractivity contribution in [3.8, 4) is 0 Å². The molecule has 6 atom stereocenters. The third-order valence-electron chi connectivity index (χ3n) is 10.5. The second kappa shape index (κ2) is 9.21. The molecule has 0 bridgehead atoms. The normalized spacial score (nSPS) is 37.8. The highest BCUT2D eigenvalue weighted by Crippen LogP contribution is 2.62. The number of esters is 1. The summed E-state index contributed by atoms with van der Waals surface area (Å²) in [5.74, 6) is 1.00. The van der Waals surface area contributed by atoms with E-state index < -0.39 is 0 Å². The van der Waals surface area contributed by atoms with Gasteiger partial charge in [-0.1, -0.05) is 67.6 Å².